The topological polar surface area (TPSA) is 52.0 Å². The third kappa shape index (κ3) is 1.49. The Morgan fingerprint density at radius 3 is 2.80 bits per heavy atom. The van der Waals surface area contributed by atoms with Crippen molar-refractivity contribution in [3.63, 3.8) is 0 Å². The zero-order chi connectivity index (χ0) is 7.56. The SMILES string of the molecule is CC[C@@H](N)c1cc(N)cs1. The van der Waals surface area contributed by atoms with Crippen LogP contribution in [0.2, 0.25) is 0 Å². The molecule has 0 spiro atoms. The van der Waals surface area contributed by atoms with Crippen LogP contribution in [0.25, 0.3) is 0 Å². The molecule has 0 radical (unpaired) electrons. The van der Waals surface area contributed by atoms with E-state index >= 15 is 0 Å². The molecule has 1 heterocycles. The first-order valence-electron chi connectivity index (χ1n) is 3.33. The van der Waals surface area contributed by atoms with Crippen molar-refractivity contribution in [2.24, 2.45) is 5.73 Å². The third-order valence-corrected chi connectivity index (χ3v) is 2.53. The Kier molecular flexibility index (Phi) is 2.29. The second-order valence-corrected chi connectivity index (χ2v) is 3.24. The molecule has 2 nitrogen and oxygen atoms in total. The van der Waals surface area contributed by atoms with Gasteiger partial charge in [-0.25, -0.2) is 0 Å². The molecule has 4 N–H and O–H groups in total. The fraction of sp³-hybridized carbons (Fsp3) is 0.429. The molecule has 0 aliphatic carbocycles. The number of thiophene rings is 1. The van der Waals surface area contributed by atoms with Crippen molar-refractivity contribution in [1.29, 1.82) is 0 Å². The van der Waals surface area contributed by atoms with Gasteiger partial charge in [0, 0.05) is 22.0 Å². The molecule has 10 heavy (non-hydrogen) atoms. The van der Waals surface area contributed by atoms with Gasteiger partial charge in [0.2, 0.25) is 0 Å². The molecule has 0 aromatic carbocycles. The predicted molar refractivity (Wildman–Crippen MR) is 46.0 cm³/mol. The van der Waals surface area contributed by atoms with Crippen LogP contribution in [0.5, 0.6) is 0 Å². The van der Waals surface area contributed by atoms with Crippen molar-refractivity contribution in [1.82, 2.24) is 0 Å². The Hall–Kier alpha value is -0.540. The summed E-state index contributed by atoms with van der Waals surface area (Å²) in [6, 6.07) is 2.11. The molecule has 0 fully saturated rings. The summed E-state index contributed by atoms with van der Waals surface area (Å²) in [6.45, 7) is 2.07. The number of nitrogens with two attached hydrogens (primary N) is 2. The summed E-state index contributed by atoms with van der Waals surface area (Å²) in [4.78, 5) is 1.18. The van der Waals surface area contributed by atoms with E-state index in [0.717, 1.165) is 12.1 Å². The Morgan fingerprint density at radius 1 is 1.70 bits per heavy atom. The van der Waals surface area contributed by atoms with Crippen molar-refractivity contribution < 1.29 is 0 Å². The summed E-state index contributed by atoms with van der Waals surface area (Å²) in [5.41, 5.74) is 12.1. The standard InChI is InChI=1S/C7H12N2S/c1-2-6(9)7-3-5(8)4-10-7/h3-4,6H,2,8-9H2,1H3/t6-/m1/s1. The number of hydrogen-bond donors (Lipinski definition) is 2. The van der Waals surface area contributed by atoms with Crippen LogP contribution in [-0.4, -0.2) is 0 Å². The van der Waals surface area contributed by atoms with E-state index in [4.69, 9.17) is 11.5 Å². The summed E-state index contributed by atoms with van der Waals surface area (Å²) in [5, 5.41) is 1.92. The maximum absolute atomic E-state index is 5.76. The van der Waals surface area contributed by atoms with E-state index in [1.165, 1.54) is 4.88 Å². The lowest BCUT2D eigenvalue weighted by Crippen LogP contribution is -2.06. The number of rotatable bonds is 2. The minimum Gasteiger partial charge on any atom is -0.398 e. The first-order chi connectivity index (χ1) is 4.74. The highest BCUT2D eigenvalue weighted by molar-refractivity contribution is 7.10. The van der Waals surface area contributed by atoms with Crippen molar-refractivity contribution >= 4 is 17.0 Å². The van der Waals surface area contributed by atoms with E-state index in [1.807, 2.05) is 11.4 Å². The maximum atomic E-state index is 5.76. The van der Waals surface area contributed by atoms with E-state index in [2.05, 4.69) is 6.92 Å². The molecular weight excluding hydrogens is 144 g/mol. The minimum absolute atomic E-state index is 0.169. The van der Waals surface area contributed by atoms with Gasteiger partial charge in [-0.1, -0.05) is 6.92 Å². The molecule has 56 valence electrons. The van der Waals surface area contributed by atoms with Gasteiger partial charge in [0.1, 0.15) is 0 Å². The van der Waals surface area contributed by atoms with Crippen LogP contribution in [0.15, 0.2) is 11.4 Å². The highest BCUT2D eigenvalue weighted by Gasteiger charge is 2.04. The summed E-state index contributed by atoms with van der Waals surface area (Å²) < 4.78 is 0. The van der Waals surface area contributed by atoms with E-state index in [0.29, 0.717) is 0 Å². The van der Waals surface area contributed by atoms with Crippen LogP contribution in [0, 0.1) is 0 Å². The molecule has 1 rings (SSSR count). The average molecular weight is 156 g/mol. The molecule has 0 saturated carbocycles. The van der Waals surface area contributed by atoms with E-state index in [9.17, 15) is 0 Å². The summed E-state index contributed by atoms with van der Waals surface area (Å²) in [7, 11) is 0. The number of nitrogen functional groups attached to an aromatic ring is 1. The van der Waals surface area contributed by atoms with Crippen molar-refractivity contribution in [2.45, 2.75) is 19.4 Å². The fourth-order valence-electron chi connectivity index (χ4n) is 0.764. The summed E-state index contributed by atoms with van der Waals surface area (Å²) >= 11 is 1.63. The Balaban J connectivity index is 2.74. The lowest BCUT2D eigenvalue weighted by Gasteiger charge is -2.02. The van der Waals surface area contributed by atoms with Gasteiger partial charge in [0.25, 0.3) is 0 Å². The first-order valence-corrected chi connectivity index (χ1v) is 4.21. The zero-order valence-corrected chi connectivity index (χ0v) is 6.82. The minimum atomic E-state index is 0.169. The highest BCUT2D eigenvalue weighted by atomic mass is 32.1. The van der Waals surface area contributed by atoms with Gasteiger partial charge in [-0.15, -0.1) is 11.3 Å². The summed E-state index contributed by atoms with van der Waals surface area (Å²) in [6.07, 6.45) is 0.972. The van der Waals surface area contributed by atoms with Crippen LogP contribution >= 0.6 is 11.3 Å². The van der Waals surface area contributed by atoms with Gasteiger partial charge in [-0.2, -0.15) is 0 Å². The van der Waals surface area contributed by atoms with Crippen LogP contribution in [-0.2, 0) is 0 Å². The molecule has 0 amide bonds. The molecule has 0 unspecified atom stereocenters. The predicted octanol–water partition coefficient (Wildman–Crippen LogP) is 1.74. The third-order valence-electron chi connectivity index (χ3n) is 1.45. The van der Waals surface area contributed by atoms with Crippen LogP contribution in [0.4, 0.5) is 5.69 Å². The van der Waals surface area contributed by atoms with E-state index in [-0.39, 0.29) is 6.04 Å². The molecule has 1 aromatic heterocycles. The van der Waals surface area contributed by atoms with Gasteiger partial charge in [-0.3, -0.25) is 0 Å². The van der Waals surface area contributed by atoms with Crippen LogP contribution in [0.1, 0.15) is 24.3 Å². The van der Waals surface area contributed by atoms with Crippen molar-refractivity contribution in [2.75, 3.05) is 5.73 Å². The van der Waals surface area contributed by atoms with Crippen LogP contribution < -0.4 is 11.5 Å². The first kappa shape index (κ1) is 7.57. The molecule has 3 heteroatoms. The Morgan fingerprint density at radius 2 is 2.40 bits per heavy atom. The molecular formula is C7H12N2S. The largest absolute Gasteiger partial charge is 0.398 e. The molecule has 0 aliphatic rings. The lowest BCUT2D eigenvalue weighted by molar-refractivity contribution is 0.712. The van der Waals surface area contributed by atoms with Crippen molar-refractivity contribution in [3.8, 4) is 0 Å². The molecule has 1 atom stereocenters. The quantitative estimate of drug-likeness (QED) is 0.685. The average Bonchev–Trinajstić information content (AvgIpc) is 2.34. The molecule has 1 aromatic rings. The molecule has 0 bridgehead atoms. The molecule has 0 aliphatic heterocycles. The normalized spacial score (nSPS) is 13.4. The van der Waals surface area contributed by atoms with Gasteiger partial charge in [-0.05, 0) is 12.5 Å². The summed E-state index contributed by atoms with van der Waals surface area (Å²) in [5.74, 6) is 0. The van der Waals surface area contributed by atoms with E-state index in [1.54, 1.807) is 11.3 Å². The maximum Gasteiger partial charge on any atom is 0.0426 e. The van der Waals surface area contributed by atoms with Gasteiger partial charge in [0.05, 0.1) is 0 Å². The van der Waals surface area contributed by atoms with Gasteiger partial charge >= 0.3 is 0 Å². The number of hydrogen-bond acceptors (Lipinski definition) is 3. The number of anilines is 1. The highest BCUT2D eigenvalue weighted by Crippen LogP contribution is 2.23. The Bertz CT molecular complexity index is 207. The smallest absolute Gasteiger partial charge is 0.0426 e. The Labute approximate surface area is 64.8 Å². The fourth-order valence-corrected chi connectivity index (χ4v) is 1.65. The molecule has 0 saturated heterocycles. The monoisotopic (exact) mass is 156 g/mol. The second-order valence-electron chi connectivity index (χ2n) is 2.30. The second kappa shape index (κ2) is 3.03. The van der Waals surface area contributed by atoms with Gasteiger partial charge < -0.3 is 11.5 Å². The lowest BCUT2D eigenvalue weighted by atomic mass is 10.2. The van der Waals surface area contributed by atoms with E-state index < -0.39 is 0 Å². The van der Waals surface area contributed by atoms with Crippen molar-refractivity contribution in [3.05, 3.63) is 16.3 Å². The van der Waals surface area contributed by atoms with Crippen LogP contribution in [0.3, 0.4) is 0 Å². The van der Waals surface area contributed by atoms with Gasteiger partial charge in [0.15, 0.2) is 0 Å². The zero-order valence-electron chi connectivity index (χ0n) is 6.00.